The smallest absolute Gasteiger partial charge is 0.269 e. The van der Waals surface area contributed by atoms with Crippen molar-refractivity contribution in [1.29, 1.82) is 0 Å². The largest absolute Gasteiger partial charge is 0.492 e. The summed E-state index contributed by atoms with van der Waals surface area (Å²) < 4.78 is 33.5. The number of benzene rings is 2. The molecule has 0 radical (unpaired) electrons. The summed E-state index contributed by atoms with van der Waals surface area (Å²) in [4.78, 5) is 22.7. The Balaban J connectivity index is 1.58. The molecule has 0 aromatic heterocycles. The minimum atomic E-state index is -3.73. The molecule has 11 heteroatoms. The number of nitrogens with one attached hydrogen (secondary N) is 2. The van der Waals surface area contributed by atoms with E-state index in [4.69, 9.17) is 4.74 Å². The molecule has 2 N–H and O–H groups in total. The van der Waals surface area contributed by atoms with E-state index < -0.39 is 14.9 Å². The summed E-state index contributed by atoms with van der Waals surface area (Å²) in [7, 11) is -3.73. The highest BCUT2D eigenvalue weighted by Gasteiger charge is 2.29. The number of nitro benzene ring substituents is 1. The zero-order chi connectivity index (χ0) is 24.6. The van der Waals surface area contributed by atoms with E-state index in [-0.39, 0.29) is 28.7 Å². The zero-order valence-corrected chi connectivity index (χ0v) is 20.0. The van der Waals surface area contributed by atoms with Gasteiger partial charge in [-0.1, -0.05) is 6.42 Å². The molecule has 0 unspecified atom stereocenters. The average molecular weight is 491 g/mol. The number of carbonyl (C=O) groups is 1. The summed E-state index contributed by atoms with van der Waals surface area (Å²) in [6.45, 7) is 3.58. The van der Waals surface area contributed by atoms with Gasteiger partial charge in [-0.3, -0.25) is 14.9 Å². The molecule has 1 aliphatic rings. The van der Waals surface area contributed by atoms with Gasteiger partial charge in [0.15, 0.2) is 0 Å². The van der Waals surface area contributed by atoms with Crippen LogP contribution in [0, 0.1) is 10.1 Å². The fourth-order valence-electron chi connectivity index (χ4n) is 3.71. The van der Waals surface area contributed by atoms with E-state index in [1.807, 2.05) is 0 Å². The number of sulfonamides is 1. The van der Waals surface area contributed by atoms with E-state index >= 15 is 0 Å². The lowest BCUT2D eigenvalue weighted by Crippen LogP contribution is -2.35. The minimum Gasteiger partial charge on any atom is -0.492 e. The summed E-state index contributed by atoms with van der Waals surface area (Å²) in [6, 6.07) is 10.7. The van der Waals surface area contributed by atoms with Crippen LogP contribution in [0.5, 0.6) is 5.75 Å². The van der Waals surface area contributed by atoms with Gasteiger partial charge in [0.25, 0.3) is 5.69 Å². The maximum Gasteiger partial charge on any atom is 0.269 e. The Morgan fingerprint density at radius 1 is 1.09 bits per heavy atom. The van der Waals surface area contributed by atoms with Gasteiger partial charge in [-0.15, -0.1) is 0 Å². The third-order valence-electron chi connectivity index (χ3n) is 5.45. The molecule has 10 nitrogen and oxygen atoms in total. The Hall–Kier alpha value is -3.18. The van der Waals surface area contributed by atoms with Gasteiger partial charge in [-0.25, -0.2) is 8.42 Å². The number of anilines is 2. The average Bonchev–Trinajstić information content (AvgIpc) is 2.83. The molecule has 1 aliphatic heterocycles. The molecule has 34 heavy (non-hydrogen) atoms. The lowest BCUT2D eigenvalue weighted by atomic mass is 10.2. The van der Waals surface area contributed by atoms with Crippen molar-refractivity contribution in [1.82, 2.24) is 4.31 Å². The van der Waals surface area contributed by atoms with Crippen LogP contribution in [0.1, 0.15) is 39.0 Å². The van der Waals surface area contributed by atoms with Crippen LogP contribution in [0.2, 0.25) is 0 Å². The van der Waals surface area contributed by atoms with E-state index in [0.29, 0.717) is 38.3 Å². The zero-order valence-electron chi connectivity index (χ0n) is 19.2. The number of piperidine rings is 1. The SMILES string of the molecule is CCOc1ccc(NC(=O)CCCNc2ccc([N+](=O)[O-])cc2)cc1S(=O)(=O)N1CCCCC1. The number of hydrogen-bond donors (Lipinski definition) is 2. The molecule has 1 fully saturated rings. The predicted molar refractivity (Wildman–Crippen MR) is 130 cm³/mol. The van der Waals surface area contributed by atoms with Gasteiger partial charge in [0.1, 0.15) is 10.6 Å². The molecule has 1 amide bonds. The summed E-state index contributed by atoms with van der Waals surface area (Å²) in [5.74, 6) is 0.0364. The van der Waals surface area contributed by atoms with E-state index in [0.717, 1.165) is 24.9 Å². The van der Waals surface area contributed by atoms with Gasteiger partial charge in [0.2, 0.25) is 15.9 Å². The summed E-state index contributed by atoms with van der Waals surface area (Å²) in [5, 5.41) is 16.6. The highest BCUT2D eigenvalue weighted by molar-refractivity contribution is 7.89. The Morgan fingerprint density at radius 3 is 2.41 bits per heavy atom. The van der Waals surface area contributed by atoms with Crippen LogP contribution in [0.4, 0.5) is 17.1 Å². The second-order valence-corrected chi connectivity index (χ2v) is 9.85. The topological polar surface area (TPSA) is 131 Å². The normalized spacial score (nSPS) is 14.4. The monoisotopic (exact) mass is 490 g/mol. The molecule has 2 aromatic rings. The number of carbonyl (C=O) groups excluding carboxylic acids is 1. The highest BCUT2D eigenvalue weighted by Crippen LogP contribution is 2.31. The van der Waals surface area contributed by atoms with Gasteiger partial charge in [0, 0.05) is 49.6 Å². The second kappa shape index (κ2) is 11.8. The van der Waals surface area contributed by atoms with Gasteiger partial charge in [-0.05, 0) is 56.5 Å². The van der Waals surface area contributed by atoms with Crippen LogP contribution in [0.15, 0.2) is 47.4 Å². The maximum atomic E-state index is 13.2. The van der Waals surface area contributed by atoms with Crippen LogP contribution >= 0.6 is 0 Å². The van der Waals surface area contributed by atoms with Crippen LogP contribution in [0.25, 0.3) is 0 Å². The number of rotatable bonds is 11. The molecule has 0 bridgehead atoms. The summed E-state index contributed by atoms with van der Waals surface area (Å²) in [6.07, 6.45) is 3.42. The molecule has 1 saturated heterocycles. The van der Waals surface area contributed by atoms with Crippen molar-refractivity contribution in [2.45, 2.75) is 43.9 Å². The molecule has 184 valence electrons. The Bertz CT molecular complexity index is 1100. The molecular formula is C23H30N4O6S. The van der Waals surface area contributed by atoms with Crippen LogP contribution < -0.4 is 15.4 Å². The van der Waals surface area contributed by atoms with Crippen LogP contribution in [0.3, 0.4) is 0 Å². The minimum absolute atomic E-state index is 0.0157. The number of amides is 1. The first-order valence-corrected chi connectivity index (χ1v) is 12.8. The van der Waals surface area contributed by atoms with Crippen molar-refractivity contribution in [3.8, 4) is 5.75 Å². The van der Waals surface area contributed by atoms with E-state index in [1.165, 1.54) is 22.5 Å². The third-order valence-corrected chi connectivity index (χ3v) is 7.37. The third kappa shape index (κ3) is 6.67. The van der Waals surface area contributed by atoms with Crippen LogP contribution in [-0.4, -0.2) is 49.8 Å². The predicted octanol–water partition coefficient (Wildman–Crippen LogP) is 4.00. The van der Waals surface area contributed by atoms with Gasteiger partial charge in [0.05, 0.1) is 11.5 Å². The molecule has 0 saturated carbocycles. The van der Waals surface area contributed by atoms with E-state index in [2.05, 4.69) is 10.6 Å². The van der Waals surface area contributed by atoms with Gasteiger partial charge >= 0.3 is 0 Å². The molecule has 1 heterocycles. The van der Waals surface area contributed by atoms with Gasteiger partial charge in [-0.2, -0.15) is 4.31 Å². The molecule has 0 atom stereocenters. The summed E-state index contributed by atoms with van der Waals surface area (Å²) >= 11 is 0. The first kappa shape index (κ1) is 25.4. The lowest BCUT2D eigenvalue weighted by molar-refractivity contribution is -0.384. The van der Waals surface area contributed by atoms with E-state index in [9.17, 15) is 23.3 Å². The number of non-ortho nitro benzene ring substituents is 1. The van der Waals surface area contributed by atoms with Crippen LogP contribution in [-0.2, 0) is 14.8 Å². The Kier molecular flexibility index (Phi) is 8.83. The Labute approximate surface area is 199 Å². The fraction of sp³-hybridized carbons (Fsp3) is 0.435. The maximum absolute atomic E-state index is 13.2. The van der Waals surface area contributed by atoms with Gasteiger partial charge < -0.3 is 15.4 Å². The van der Waals surface area contributed by atoms with Crippen molar-refractivity contribution < 1.29 is 22.9 Å². The molecule has 0 spiro atoms. The Morgan fingerprint density at radius 2 is 1.76 bits per heavy atom. The first-order valence-electron chi connectivity index (χ1n) is 11.4. The molecule has 3 rings (SSSR count). The standard InChI is InChI=1S/C23H30N4O6S/c1-2-33-21-13-10-19(17-22(21)34(31,32)26-15-4-3-5-16-26)25-23(28)7-6-14-24-18-8-11-20(12-9-18)27(29)30/h8-13,17,24H,2-7,14-16H2,1H3,(H,25,28). The molecule has 2 aromatic carbocycles. The fourth-order valence-corrected chi connectivity index (χ4v) is 5.39. The lowest BCUT2D eigenvalue weighted by Gasteiger charge is -2.27. The highest BCUT2D eigenvalue weighted by atomic mass is 32.2. The molecule has 0 aliphatic carbocycles. The second-order valence-electron chi connectivity index (χ2n) is 7.94. The summed E-state index contributed by atoms with van der Waals surface area (Å²) in [5.41, 5.74) is 1.14. The molecular weight excluding hydrogens is 460 g/mol. The van der Waals surface area contributed by atoms with Crippen molar-refractivity contribution in [3.63, 3.8) is 0 Å². The number of nitrogens with zero attached hydrogens (tertiary/aromatic N) is 2. The number of ether oxygens (including phenoxy) is 1. The number of hydrogen-bond acceptors (Lipinski definition) is 7. The quantitative estimate of drug-likeness (QED) is 0.276. The van der Waals surface area contributed by atoms with Crippen molar-refractivity contribution in [3.05, 3.63) is 52.6 Å². The first-order chi connectivity index (χ1) is 16.3. The van der Waals surface area contributed by atoms with Crippen molar-refractivity contribution in [2.75, 3.05) is 36.9 Å². The number of nitro groups is 1. The van der Waals surface area contributed by atoms with Crippen molar-refractivity contribution in [2.24, 2.45) is 0 Å². The van der Waals surface area contributed by atoms with Crippen molar-refractivity contribution >= 4 is 33.0 Å². The van der Waals surface area contributed by atoms with E-state index in [1.54, 1.807) is 31.2 Å².